The normalized spacial score (nSPS) is 12.0. The highest BCUT2D eigenvalue weighted by Gasteiger charge is 2.32. The van der Waals surface area contributed by atoms with Gasteiger partial charge in [-0.3, -0.25) is 13.9 Å². The maximum Gasteiger partial charge on any atom is 0.264 e. The summed E-state index contributed by atoms with van der Waals surface area (Å²) in [7, 11) is -2.56. The van der Waals surface area contributed by atoms with Crippen molar-refractivity contribution in [3.63, 3.8) is 0 Å². The van der Waals surface area contributed by atoms with Crippen LogP contribution in [0.3, 0.4) is 0 Å². The van der Waals surface area contributed by atoms with E-state index in [0.29, 0.717) is 5.69 Å². The van der Waals surface area contributed by atoms with Gasteiger partial charge < -0.3 is 10.2 Å². The number of sulfonamides is 1. The van der Waals surface area contributed by atoms with Crippen LogP contribution in [0, 0.1) is 13.8 Å². The fourth-order valence-corrected chi connectivity index (χ4v) is 5.63. The summed E-state index contributed by atoms with van der Waals surface area (Å²) in [6, 6.07) is 19.9. The Hall–Kier alpha value is -3.17. The predicted octanol–water partition coefficient (Wildman–Crippen LogP) is 4.42. The lowest BCUT2D eigenvalue weighted by atomic mass is 10.1. The molecule has 1 atom stereocenters. The first-order valence-corrected chi connectivity index (χ1v) is 13.7. The average Bonchev–Trinajstić information content (AvgIpc) is 2.87. The number of amides is 2. The van der Waals surface area contributed by atoms with Gasteiger partial charge in [0.25, 0.3) is 10.0 Å². The van der Waals surface area contributed by atoms with Gasteiger partial charge in [0.15, 0.2) is 0 Å². The summed E-state index contributed by atoms with van der Waals surface area (Å²) in [5.41, 5.74) is 3.09. The Morgan fingerprint density at radius 2 is 1.64 bits per heavy atom. The fraction of sp³-hybridized carbons (Fsp3) is 0.259. The molecule has 0 saturated carbocycles. The van der Waals surface area contributed by atoms with E-state index in [1.807, 2.05) is 44.2 Å². The van der Waals surface area contributed by atoms with Crippen molar-refractivity contribution in [2.75, 3.05) is 17.9 Å². The lowest BCUT2D eigenvalue weighted by molar-refractivity contribution is -0.139. The highest BCUT2D eigenvalue weighted by atomic mass is 79.9. The molecule has 0 unspecified atom stereocenters. The first-order valence-electron chi connectivity index (χ1n) is 11.4. The molecule has 190 valence electrons. The van der Waals surface area contributed by atoms with Gasteiger partial charge in [0, 0.05) is 18.1 Å². The van der Waals surface area contributed by atoms with Gasteiger partial charge in [-0.05, 0) is 73.9 Å². The number of nitrogens with one attached hydrogen (secondary N) is 1. The van der Waals surface area contributed by atoms with E-state index in [4.69, 9.17) is 0 Å². The zero-order chi connectivity index (χ0) is 26.5. The molecular weight excluding hydrogens is 542 g/mol. The second kappa shape index (κ2) is 11.7. The van der Waals surface area contributed by atoms with E-state index in [-0.39, 0.29) is 17.3 Å². The monoisotopic (exact) mass is 571 g/mol. The van der Waals surface area contributed by atoms with Crippen LogP contribution >= 0.6 is 15.9 Å². The molecule has 36 heavy (non-hydrogen) atoms. The summed E-state index contributed by atoms with van der Waals surface area (Å²) < 4.78 is 29.4. The van der Waals surface area contributed by atoms with Crippen molar-refractivity contribution in [1.82, 2.24) is 10.2 Å². The van der Waals surface area contributed by atoms with Gasteiger partial charge in [-0.25, -0.2) is 8.42 Å². The van der Waals surface area contributed by atoms with Crippen molar-refractivity contribution >= 4 is 43.5 Å². The van der Waals surface area contributed by atoms with Crippen LogP contribution in [0.15, 0.2) is 82.2 Å². The number of halogens is 1. The Bertz CT molecular complexity index is 1350. The van der Waals surface area contributed by atoms with Crippen LogP contribution in [0.1, 0.15) is 23.6 Å². The minimum Gasteiger partial charge on any atom is -0.357 e. The maximum atomic E-state index is 13.7. The molecule has 3 aromatic carbocycles. The average molecular weight is 573 g/mol. The summed E-state index contributed by atoms with van der Waals surface area (Å²) in [5.74, 6) is -0.842. The molecule has 2 amide bonds. The number of likely N-dealkylation sites (N-methyl/N-ethyl adjacent to an activating group) is 1. The molecule has 0 radical (unpaired) electrons. The molecule has 0 bridgehead atoms. The predicted molar refractivity (Wildman–Crippen MR) is 145 cm³/mol. The van der Waals surface area contributed by atoms with Crippen LogP contribution in [-0.4, -0.2) is 44.8 Å². The molecule has 0 heterocycles. The van der Waals surface area contributed by atoms with Crippen LogP contribution in [0.5, 0.6) is 0 Å². The van der Waals surface area contributed by atoms with Gasteiger partial charge in [0.05, 0.1) is 10.6 Å². The second-order valence-corrected chi connectivity index (χ2v) is 11.3. The van der Waals surface area contributed by atoms with Crippen molar-refractivity contribution in [2.45, 2.75) is 38.3 Å². The van der Waals surface area contributed by atoms with Gasteiger partial charge in [-0.15, -0.1) is 0 Å². The maximum absolute atomic E-state index is 13.7. The fourth-order valence-electron chi connectivity index (χ4n) is 3.75. The summed E-state index contributed by atoms with van der Waals surface area (Å²) in [5, 5.41) is 2.58. The summed E-state index contributed by atoms with van der Waals surface area (Å²) >= 11 is 3.43. The van der Waals surface area contributed by atoms with Gasteiger partial charge in [0.2, 0.25) is 11.8 Å². The summed E-state index contributed by atoms with van der Waals surface area (Å²) in [6.45, 7) is 5.13. The largest absolute Gasteiger partial charge is 0.357 e. The number of hydrogen-bond acceptors (Lipinski definition) is 4. The Morgan fingerprint density at radius 3 is 2.25 bits per heavy atom. The zero-order valence-corrected chi connectivity index (χ0v) is 23.1. The van der Waals surface area contributed by atoms with Crippen LogP contribution in [0.25, 0.3) is 0 Å². The molecule has 1 N–H and O–H groups in total. The molecule has 9 heteroatoms. The Labute approximate surface area is 221 Å². The minimum atomic E-state index is -4.07. The van der Waals surface area contributed by atoms with Crippen LogP contribution in [0.2, 0.25) is 0 Å². The van der Waals surface area contributed by atoms with Crippen molar-refractivity contribution in [1.29, 1.82) is 0 Å². The topological polar surface area (TPSA) is 86.8 Å². The van der Waals surface area contributed by atoms with Crippen molar-refractivity contribution < 1.29 is 18.0 Å². The lowest BCUT2D eigenvalue weighted by Crippen LogP contribution is -2.50. The molecule has 0 spiro atoms. The first kappa shape index (κ1) is 27.4. The molecule has 0 aromatic heterocycles. The van der Waals surface area contributed by atoms with Crippen LogP contribution in [0.4, 0.5) is 5.69 Å². The highest BCUT2D eigenvalue weighted by Crippen LogP contribution is 2.26. The van der Waals surface area contributed by atoms with Crippen LogP contribution in [-0.2, 0) is 26.2 Å². The third kappa shape index (κ3) is 6.33. The second-order valence-electron chi connectivity index (χ2n) is 8.54. The number of anilines is 1. The first-order chi connectivity index (χ1) is 17.0. The van der Waals surface area contributed by atoms with Crippen molar-refractivity contribution in [3.8, 4) is 0 Å². The number of carbonyl (C=O) groups is 2. The van der Waals surface area contributed by atoms with Crippen molar-refractivity contribution in [3.05, 3.63) is 94.0 Å². The van der Waals surface area contributed by atoms with E-state index >= 15 is 0 Å². The quantitative estimate of drug-likeness (QED) is 0.411. The van der Waals surface area contributed by atoms with E-state index in [1.165, 1.54) is 24.1 Å². The molecule has 0 saturated heterocycles. The van der Waals surface area contributed by atoms with E-state index in [9.17, 15) is 18.0 Å². The van der Waals surface area contributed by atoms with Gasteiger partial charge in [-0.2, -0.15) is 0 Å². The highest BCUT2D eigenvalue weighted by molar-refractivity contribution is 9.10. The Kier molecular flexibility index (Phi) is 8.92. The van der Waals surface area contributed by atoms with E-state index in [1.54, 1.807) is 37.3 Å². The van der Waals surface area contributed by atoms with Crippen LogP contribution < -0.4 is 9.62 Å². The van der Waals surface area contributed by atoms with E-state index in [0.717, 1.165) is 25.5 Å². The van der Waals surface area contributed by atoms with Gasteiger partial charge in [0.1, 0.15) is 12.6 Å². The molecule has 7 nitrogen and oxygen atoms in total. The summed E-state index contributed by atoms with van der Waals surface area (Å²) in [4.78, 5) is 27.7. The number of aryl methyl sites for hydroxylation is 2. The number of nitrogens with zero attached hydrogens (tertiary/aromatic N) is 2. The molecule has 0 aliphatic carbocycles. The third-order valence-electron chi connectivity index (χ3n) is 6.04. The molecular formula is C27H30BrN3O4S. The molecule has 0 fully saturated rings. The van der Waals surface area contributed by atoms with Gasteiger partial charge >= 0.3 is 0 Å². The SMILES string of the molecule is CNC(=O)[C@H](C)N(Cc1cccc(Br)c1)C(=O)CN(c1ccc(C)c(C)c1)S(=O)(=O)c1ccccc1. The minimum absolute atomic E-state index is 0.0777. The van der Waals surface area contributed by atoms with E-state index in [2.05, 4.69) is 21.2 Å². The standard InChI is InChI=1S/C27H30BrN3O4S/c1-19-13-14-24(15-20(19)2)31(36(34,35)25-11-6-5-7-12-25)18-26(32)30(21(3)27(33)29-4)17-22-9-8-10-23(28)16-22/h5-16,21H,17-18H2,1-4H3,(H,29,33)/t21-/m0/s1. The van der Waals surface area contributed by atoms with E-state index < -0.39 is 28.5 Å². The third-order valence-corrected chi connectivity index (χ3v) is 8.33. The molecule has 3 aromatic rings. The lowest BCUT2D eigenvalue weighted by Gasteiger charge is -2.32. The molecule has 0 aliphatic rings. The number of benzene rings is 3. The smallest absolute Gasteiger partial charge is 0.264 e. The number of rotatable bonds is 9. The van der Waals surface area contributed by atoms with Gasteiger partial charge in [-0.1, -0.05) is 52.3 Å². The van der Waals surface area contributed by atoms with Crippen molar-refractivity contribution in [2.24, 2.45) is 0 Å². The zero-order valence-electron chi connectivity index (χ0n) is 20.7. The Balaban J connectivity index is 2.05. The number of hydrogen-bond donors (Lipinski definition) is 1. The number of carbonyl (C=O) groups excluding carboxylic acids is 2. The Morgan fingerprint density at radius 1 is 0.944 bits per heavy atom. The molecule has 3 rings (SSSR count). The molecule has 0 aliphatic heterocycles. The summed E-state index contributed by atoms with van der Waals surface area (Å²) in [6.07, 6.45) is 0.